The molecule has 2 N–H and O–H groups in total. The topological polar surface area (TPSA) is 66.4 Å². The summed E-state index contributed by atoms with van der Waals surface area (Å²) < 4.78 is 0. The summed E-state index contributed by atoms with van der Waals surface area (Å²) in [6.07, 6.45) is 0.625. The van der Waals surface area contributed by atoms with Gasteiger partial charge in [-0.2, -0.15) is 0 Å². The molecular formula is C10H10ClNO3. The van der Waals surface area contributed by atoms with Gasteiger partial charge in [0.25, 0.3) is 0 Å². The zero-order valence-corrected chi connectivity index (χ0v) is 8.57. The number of hydrogen-bond acceptors (Lipinski definition) is 2. The number of nitrogens with one attached hydrogen (secondary N) is 1. The van der Waals surface area contributed by atoms with Crippen molar-refractivity contribution in [2.75, 3.05) is 0 Å². The number of carboxylic acids is 1. The molecule has 0 bridgehead atoms. The normalized spacial score (nSPS) is 11.8. The highest BCUT2D eigenvalue weighted by atomic mass is 35.5. The third-order valence-electron chi connectivity index (χ3n) is 1.92. The first kappa shape index (κ1) is 11.5. The van der Waals surface area contributed by atoms with Gasteiger partial charge in [-0.25, -0.2) is 4.79 Å². The Balaban J connectivity index is 2.69. The second-order valence-electron chi connectivity index (χ2n) is 3.01. The molecule has 0 aromatic heterocycles. The van der Waals surface area contributed by atoms with Crippen LogP contribution in [0.3, 0.4) is 0 Å². The smallest absolute Gasteiger partial charge is 0.326 e. The Bertz CT molecular complexity index is 350. The summed E-state index contributed by atoms with van der Waals surface area (Å²) in [5.41, 5.74) is 0.807. The summed E-state index contributed by atoms with van der Waals surface area (Å²) in [6.45, 7) is 0. The van der Waals surface area contributed by atoms with Gasteiger partial charge in [-0.3, -0.25) is 4.79 Å². The van der Waals surface area contributed by atoms with Crippen molar-refractivity contribution in [1.82, 2.24) is 5.32 Å². The van der Waals surface area contributed by atoms with Crippen molar-refractivity contribution in [3.63, 3.8) is 0 Å². The number of carbonyl (C=O) groups is 2. The van der Waals surface area contributed by atoms with Gasteiger partial charge in [0.2, 0.25) is 6.41 Å². The van der Waals surface area contributed by atoms with Gasteiger partial charge in [0.1, 0.15) is 6.04 Å². The lowest BCUT2D eigenvalue weighted by atomic mass is 10.1. The Morgan fingerprint density at radius 3 is 2.53 bits per heavy atom. The van der Waals surface area contributed by atoms with E-state index in [4.69, 9.17) is 16.7 Å². The van der Waals surface area contributed by atoms with Crippen molar-refractivity contribution in [2.24, 2.45) is 0 Å². The predicted molar refractivity (Wildman–Crippen MR) is 55.8 cm³/mol. The van der Waals surface area contributed by atoms with Gasteiger partial charge in [0.15, 0.2) is 0 Å². The highest BCUT2D eigenvalue weighted by Crippen LogP contribution is 2.11. The molecule has 1 unspecified atom stereocenters. The van der Waals surface area contributed by atoms with Crippen LogP contribution in [0.15, 0.2) is 24.3 Å². The minimum absolute atomic E-state index is 0.241. The Morgan fingerprint density at radius 2 is 2.07 bits per heavy atom. The fourth-order valence-corrected chi connectivity index (χ4v) is 1.28. The highest BCUT2D eigenvalue weighted by Gasteiger charge is 2.16. The van der Waals surface area contributed by atoms with E-state index < -0.39 is 12.0 Å². The maximum Gasteiger partial charge on any atom is 0.326 e. The van der Waals surface area contributed by atoms with Crippen molar-refractivity contribution >= 4 is 24.0 Å². The molecule has 5 heteroatoms. The lowest BCUT2D eigenvalue weighted by molar-refractivity contribution is -0.140. The maximum atomic E-state index is 10.7. The fourth-order valence-electron chi connectivity index (χ4n) is 1.16. The Hall–Kier alpha value is -1.55. The van der Waals surface area contributed by atoms with Crippen molar-refractivity contribution < 1.29 is 14.7 Å². The summed E-state index contributed by atoms with van der Waals surface area (Å²) in [5, 5.41) is 11.6. The molecule has 1 amide bonds. The van der Waals surface area contributed by atoms with Gasteiger partial charge in [-0.05, 0) is 17.7 Å². The van der Waals surface area contributed by atoms with E-state index in [0.717, 1.165) is 5.56 Å². The highest BCUT2D eigenvalue weighted by molar-refractivity contribution is 6.30. The third kappa shape index (κ3) is 3.59. The van der Waals surface area contributed by atoms with Gasteiger partial charge < -0.3 is 10.4 Å². The molecule has 0 aliphatic rings. The lowest BCUT2D eigenvalue weighted by Gasteiger charge is -2.10. The molecule has 1 aromatic carbocycles. The zero-order chi connectivity index (χ0) is 11.3. The van der Waals surface area contributed by atoms with Gasteiger partial charge in [-0.1, -0.05) is 23.7 Å². The molecule has 0 aliphatic heterocycles. The molecule has 0 spiro atoms. The number of rotatable bonds is 5. The molecule has 0 saturated carbocycles. The number of halogens is 1. The molecule has 1 rings (SSSR count). The molecule has 0 fully saturated rings. The number of benzene rings is 1. The van der Waals surface area contributed by atoms with Crippen molar-refractivity contribution in [3.8, 4) is 0 Å². The van der Waals surface area contributed by atoms with Crippen LogP contribution >= 0.6 is 11.6 Å². The van der Waals surface area contributed by atoms with E-state index in [1.165, 1.54) is 0 Å². The number of hydrogen-bond donors (Lipinski definition) is 2. The van der Waals surface area contributed by atoms with Crippen LogP contribution in [0.5, 0.6) is 0 Å². The first-order chi connectivity index (χ1) is 7.13. The Kier molecular flexibility index (Phi) is 4.12. The average molecular weight is 228 g/mol. The molecule has 0 heterocycles. The molecule has 15 heavy (non-hydrogen) atoms. The quantitative estimate of drug-likeness (QED) is 0.740. The van der Waals surface area contributed by atoms with Crippen LogP contribution in [0, 0.1) is 0 Å². The monoisotopic (exact) mass is 227 g/mol. The van der Waals surface area contributed by atoms with Crippen molar-refractivity contribution in [3.05, 3.63) is 34.9 Å². The summed E-state index contributed by atoms with van der Waals surface area (Å²) in [4.78, 5) is 20.9. The average Bonchev–Trinajstić information content (AvgIpc) is 2.20. The second-order valence-corrected chi connectivity index (χ2v) is 3.44. The third-order valence-corrected chi connectivity index (χ3v) is 2.17. The SMILES string of the molecule is O=CNC(Cc1ccc(Cl)cc1)C(=O)O. The summed E-state index contributed by atoms with van der Waals surface area (Å²) in [6, 6.07) is 5.91. The van der Waals surface area contributed by atoms with E-state index >= 15 is 0 Å². The predicted octanol–water partition coefficient (Wildman–Crippen LogP) is 1.08. The van der Waals surface area contributed by atoms with Gasteiger partial charge in [0, 0.05) is 11.4 Å². The van der Waals surface area contributed by atoms with E-state index in [1.807, 2.05) is 0 Å². The van der Waals surface area contributed by atoms with Gasteiger partial charge in [-0.15, -0.1) is 0 Å². The molecule has 0 aliphatic carbocycles. The minimum atomic E-state index is -1.06. The summed E-state index contributed by atoms with van der Waals surface area (Å²) in [7, 11) is 0. The molecule has 1 atom stereocenters. The van der Waals surface area contributed by atoms with Crippen LogP contribution in [0.1, 0.15) is 5.56 Å². The van der Waals surface area contributed by atoms with Crippen LogP contribution in [0.2, 0.25) is 5.02 Å². The summed E-state index contributed by atoms with van der Waals surface area (Å²) in [5.74, 6) is -1.06. The van der Waals surface area contributed by atoms with Gasteiger partial charge in [0.05, 0.1) is 0 Å². The number of carbonyl (C=O) groups excluding carboxylic acids is 1. The maximum absolute atomic E-state index is 10.7. The Labute approximate surface area is 91.9 Å². The van der Waals surface area contributed by atoms with E-state index in [0.29, 0.717) is 11.4 Å². The van der Waals surface area contributed by atoms with E-state index in [-0.39, 0.29) is 6.42 Å². The van der Waals surface area contributed by atoms with E-state index in [2.05, 4.69) is 5.32 Å². The van der Waals surface area contributed by atoms with Crippen molar-refractivity contribution in [2.45, 2.75) is 12.5 Å². The minimum Gasteiger partial charge on any atom is -0.480 e. The molecule has 80 valence electrons. The van der Waals surface area contributed by atoms with E-state index in [1.54, 1.807) is 24.3 Å². The van der Waals surface area contributed by atoms with Crippen LogP contribution < -0.4 is 5.32 Å². The lowest BCUT2D eigenvalue weighted by Crippen LogP contribution is -2.37. The first-order valence-corrected chi connectivity index (χ1v) is 4.68. The number of aliphatic carboxylic acids is 1. The fraction of sp³-hybridized carbons (Fsp3) is 0.200. The summed E-state index contributed by atoms with van der Waals surface area (Å²) >= 11 is 5.68. The Morgan fingerprint density at radius 1 is 1.47 bits per heavy atom. The van der Waals surface area contributed by atoms with Crippen LogP contribution in [-0.4, -0.2) is 23.5 Å². The molecule has 1 aromatic rings. The van der Waals surface area contributed by atoms with Crippen LogP contribution in [0.4, 0.5) is 0 Å². The van der Waals surface area contributed by atoms with Crippen molar-refractivity contribution in [1.29, 1.82) is 0 Å². The standard InChI is InChI=1S/C10H10ClNO3/c11-8-3-1-7(2-4-8)5-9(10(14)15)12-6-13/h1-4,6,9H,5H2,(H,12,13)(H,14,15). The molecule has 4 nitrogen and oxygen atoms in total. The second kappa shape index (κ2) is 5.36. The van der Waals surface area contributed by atoms with Crippen LogP contribution in [0.25, 0.3) is 0 Å². The van der Waals surface area contributed by atoms with Gasteiger partial charge >= 0.3 is 5.97 Å². The van der Waals surface area contributed by atoms with E-state index in [9.17, 15) is 9.59 Å². The zero-order valence-electron chi connectivity index (χ0n) is 7.81. The number of amides is 1. The largest absolute Gasteiger partial charge is 0.480 e. The molecule has 0 radical (unpaired) electrons. The van der Waals surface area contributed by atoms with Crippen LogP contribution in [-0.2, 0) is 16.0 Å². The number of carboxylic acid groups (broad SMARTS) is 1. The first-order valence-electron chi connectivity index (χ1n) is 4.30. The molecular weight excluding hydrogens is 218 g/mol. The molecule has 0 saturated heterocycles.